The predicted octanol–water partition coefficient (Wildman–Crippen LogP) is 2.87. The van der Waals surface area contributed by atoms with E-state index in [1.165, 1.54) is 12.8 Å². The van der Waals surface area contributed by atoms with E-state index in [9.17, 15) is 8.42 Å². The van der Waals surface area contributed by atoms with Gasteiger partial charge < -0.3 is 5.32 Å². The minimum atomic E-state index is -3.34. The van der Waals surface area contributed by atoms with Crippen LogP contribution in [0.1, 0.15) is 49.5 Å². The highest BCUT2D eigenvalue weighted by Gasteiger charge is 2.37. The molecule has 21 heavy (non-hydrogen) atoms. The summed E-state index contributed by atoms with van der Waals surface area (Å²) in [6.45, 7) is 5.35. The summed E-state index contributed by atoms with van der Waals surface area (Å²) in [6.07, 6.45) is 5.32. The van der Waals surface area contributed by atoms with Gasteiger partial charge in [0, 0.05) is 30.1 Å². The van der Waals surface area contributed by atoms with Crippen molar-refractivity contribution in [1.29, 1.82) is 0 Å². The minimum Gasteiger partial charge on any atom is -0.309 e. The molecule has 2 fully saturated rings. The third-order valence-electron chi connectivity index (χ3n) is 4.48. The van der Waals surface area contributed by atoms with Gasteiger partial charge in [0.15, 0.2) is 0 Å². The van der Waals surface area contributed by atoms with Crippen molar-refractivity contribution in [1.82, 2.24) is 9.62 Å². The Morgan fingerprint density at radius 1 is 1.38 bits per heavy atom. The summed E-state index contributed by atoms with van der Waals surface area (Å²) in [7, 11) is -3.34. The standard InChI is InChI=1S/C15H24N2O2S2/c1-3-13-5-4-8-17(13)21(18,19)15-11(2)10-20-14(15)9-16-12-6-7-12/h10,12-13,16H,3-9H2,1-2H3. The van der Waals surface area contributed by atoms with Crippen molar-refractivity contribution in [3.05, 3.63) is 15.8 Å². The number of thiophene rings is 1. The van der Waals surface area contributed by atoms with Gasteiger partial charge in [-0.3, -0.25) is 0 Å². The van der Waals surface area contributed by atoms with Crippen LogP contribution in [-0.2, 0) is 16.6 Å². The average molecular weight is 329 g/mol. The van der Waals surface area contributed by atoms with Gasteiger partial charge in [0.2, 0.25) is 10.0 Å². The summed E-state index contributed by atoms with van der Waals surface area (Å²) >= 11 is 1.57. The van der Waals surface area contributed by atoms with Crippen LogP contribution < -0.4 is 5.32 Å². The second kappa shape index (κ2) is 5.99. The largest absolute Gasteiger partial charge is 0.309 e. The molecule has 0 amide bonds. The molecule has 1 saturated heterocycles. The molecule has 1 atom stereocenters. The molecule has 1 unspecified atom stereocenters. The van der Waals surface area contributed by atoms with Crippen LogP contribution in [0.4, 0.5) is 0 Å². The summed E-state index contributed by atoms with van der Waals surface area (Å²) in [4.78, 5) is 1.54. The number of aryl methyl sites for hydroxylation is 1. The number of sulfonamides is 1. The monoisotopic (exact) mass is 328 g/mol. The number of nitrogens with one attached hydrogen (secondary N) is 1. The smallest absolute Gasteiger partial charge is 0.244 e. The summed E-state index contributed by atoms with van der Waals surface area (Å²) < 4.78 is 27.9. The van der Waals surface area contributed by atoms with Crippen LogP contribution >= 0.6 is 11.3 Å². The first-order valence-corrected chi connectivity index (χ1v) is 10.2. The van der Waals surface area contributed by atoms with Crippen LogP contribution in [0, 0.1) is 6.92 Å². The second-order valence-electron chi connectivity index (χ2n) is 6.15. The lowest BCUT2D eigenvalue weighted by Gasteiger charge is -2.23. The first kappa shape index (κ1) is 15.5. The first-order valence-electron chi connectivity index (χ1n) is 7.86. The molecular weight excluding hydrogens is 304 g/mol. The molecule has 6 heteroatoms. The van der Waals surface area contributed by atoms with Crippen LogP contribution in [0.25, 0.3) is 0 Å². The van der Waals surface area contributed by atoms with E-state index in [4.69, 9.17) is 0 Å². The van der Waals surface area contributed by atoms with Crippen molar-refractivity contribution < 1.29 is 8.42 Å². The lowest BCUT2D eigenvalue weighted by molar-refractivity contribution is 0.379. The van der Waals surface area contributed by atoms with Gasteiger partial charge in [0.1, 0.15) is 4.90 Å². The maximum absolute atomic E-state index is 13.1. The number of nitrogens with zero attached hydrogens (tertiary/aromatic N) is 1. The molecule has 1 saturated carbocycles. The number of rotatable bonds is 6. The molecule has 0 aromatic carbocycles. The van der Waals surface area contributed by atoms with Crippen molar-refractivity contribution in [3.63, 3.8) is 0 Å². The summed E-state index contributed by atoms with van der Waals surface area (Å²) in [6, 6.07) is 0.775. The minimum absolute atomic E-state index is 0.179. The highest BCUT2D eigenvalue weighted by molar-refractivity contribution is 7.89. The lowest BCUT2D eigenvalue weighted by atomic mass is 10.2. The van der Waals surface area contributed by atoms with Gasteiger partial charge in [-0.05, 0) is 50.0 Å². The van der Waals surface area contributed by atoms with E-state index < -0.39 is 10.0 Å². The van der Waals surface area contributed by atoms with E-state index in [1.54, 1.807) is 15.6 Å². The molecule has 4 nitrogen and oxygen atoms in total. The van der Waals surface area contributed by atoms with Gasteiger partial charge in [0.05, 0.1) is 0 Å². The lowest BCUT2D eigenvalue weighted by Crippen LogP contribution is -2.35. The molecule has 3 rings (SSSR count). The number of hydrogen-bond donors (Lipinski definition) is 1. The Morgan fingerprint density at radius 3 is 2.81 bits per heavy atom. The first-order chi connectivity index (χ1) is 10.0. The summed E-state index contributed by atoms with van der Waals surface area (Å²) in [5.41, 5.74) is 0.898. The van der Waals surface area contributed by atoms with E-state index in [-0.39, 0.29) is 6.04 Å². The predicted molar refractivity (Wildman–Crippen MR) is 86.1 cm³/mol. The fourth-order valence-corrected chi connectivity index (χ4v) is 6.61. The van der Waals surface area contributed by atoms with E-state index >= 15 is 0 Å². The van der Waals surface area contributed by atoms with Gasteiger partial charge in [-0.1, -0.05) is 6.92 Å². The normalized spacial score (nSPS) is 23.8. The molecule has 1 aliphatic heterocycles. The van der Waals surface area contributed by atoms with Crippen LogP contribution in [0.5, 0.6) is 0 Å². The van der Waals surface area contributed by atoms with Crippen molar-refractivity contribution in [2.75, 3.05) is 6.54 Å². The molecule has 0 spiro atoms. The maximum atomic E-state index is 13.1. The summed E-state index contributed by atoms with van der Waals surface area (Å²) in [5.74, 6) is 0. The Kier molecular flexibility index (Phi) is 4.41. The van der Waals surface area contributed by atoms with Crippen LogP contribution in [0.2, 0.25) is 0 Å². The summed E-state index contributed by atoms with van der Waals surface area (Å²) in [5, 5.41) is 5.42. The number of hydrogen-bond acceptors (Lipinski definition) is 4. The molecular formula is C15H24N2O2S2. The van der Waals surface area contributed by atoms with Crippen LogP contribution in [0.3, 0.4) is 0 Å². The second-order valence-corrected chi connectivity index (χ2v) is 8.94. The third kappa shape index (κ3) is 3.04. The van der Waals surface area contributed by atoms with Gasteiger partial charge in [-0.15, -0.1) is 11.3 Å². The Bertz CT molecular complexity index is 605. The quantitative estimate of drug-likeness (QED) is 0.873. The highest BCUT2D eigenvalue weighted by atomic mass is 32.2. The van der Waals surface area contributed by atoms with E-state index in [0.29, 0.717) is 24.0 Å². The molecule has 0 radical (unpaired) electrons. The molecule has 0 bridgehead atoms. The van der Waals surface area contributed by atoms with Crippen molar-refractivity contribution in [3.8, 4) is 0 Å². The zero-order valence-corrected chi connectivity index (χ0v) is 14.4. The van der Waals surface area contributed by atoms with Gasteiger partial charge >= 0.3 is 0 Å². The highest BCUT2D eigenvalue weighted by Crippen LogP contribution is 2.34. The SMILES string of the molecule is CCC1CCCN1S(=O)(=O)c1c(C)csc1CNC1CC1. The molecule has 2 aliphatic rings. The molecule has 2 heterocycles. The topological polar surface area (TPSA) is 49.4 Å². The third-order valence-corrected chi connectivity index (χ3v) is 7.90. The van der Waals surface area contributed by atoms with E-state index in [2.05, 4.69) is 12.2 Å². The van der Waals surface area contributed by atoms with Crippen LogP contribution in [-0.4, -0.2) is 31.4 Å². The Morgan fingerprint density at radius 2 is 2.14 bits per heavy atom. The molecule has 118 valence electrons. The maximum Gasteiger partial charge on any atom is 0.244 e. The molecule has 1 aliphatic carbocycles. The molecule has 1 aromatic heterocycles. The zero-order chi connectivity index (χ0) is 15.0. The van der Waals surface area contributed by atoms with E-state index in [1.807, 2.05) is 12.3 Å². The van der Waals surface area contributed by atoms with Gasteiger partial charge in [-0.25, -0.2) is 8.42 Å². The molecule has 1 aromatic rings. The van der Waals surface area contributed by atoms with Crippen molar-refractivity contribution >= 4 is 21.4 Å². The Labute approximate surface area is 131 Å². The Balaban J connectivity index is 1.88. The van der Waals surface area contributed by atoms with Gasteiger partial charge in [-0.2, -0.15) is 4.31 Å². The van der Waals surface area contributed by atoms with E-state index in [0.717, 1.165) is 29.7 Å². The van der Waals surface area contributed by atoms with Gasteiger partial charge in [0.25, 0.3) is 0 Å². The van der Waals surface area contributed by atoms with Crippen molar-refractivity contribution in [2.24, 2.45) is 0 Å². The fraction of sp³-hybridized carbons (Fsp3) is 0.733. The molecule has 1 N–H and O–H groups in total. The fourth-order valence-electron chi connectivity index (χ4n) is 3.13. The Hall–Kier alpha value is -0.430. The zero-order valence-electron chi connectivity index (χ0n) is 12.8. The van der Waals surface area contributed by atoms with Crippen molar-refractivity contribution in [2.45, 2.75) is 69.5 Å². The average Bonchev–Trinajstić information content (AvgIpc) is 3.00. The van der Waals surface area contributed by atoms with Crippen LogP contribution in [0.15, 0.2) is 10.3 Å².